The Hall–Kier alpha value is -1.92. The summed E-state index contributed by atoms with van der Waals surface area (Å²) in [6.07, 6.45) is 9.84. The first-order chi connectivity index (χ1) is 13.6. The van der Waals surface area contributed by atoms with Gasteiger partial charge >= 0.3 is 0 Å². The Labute approximate surface area is 167 Å². The maximum absolute atomic E-state index is 12.7. The van der Waals surface area contributed by atoms with Crippen molar-refractivity contribution in [2.45, 2.75) is 77.2 Å². The Balaban J connectivity index is 1.36. The molecule has 0 radical (unpaired) electrons. The second kappa shape index (κ2) is 8.62. The van der Waals surface area contributed by atoms with E-state index in [0.29, 0.717) is 12.3 Å². The van der Waals surface area contributed by atoms with Gasteiger partial charge in [0.15, 0.2) is 0 Å². The van der Waals surface area contributed by atoms with Gasteiger partial charge in [-0.15, -0.1) is 10.2 Å². The predicted molar refractivity (Wildman–Crippen MR) is 106 cm³/mol. The molecule has 0 bridgehead atoms. The van der Waals surface area contributed by atoms with Gasteiger partial charge in [-0.25, -0.2) is 0 Å². The normalized spacial score (nSPS) is 23.5. The average Bonchev–Trinajstić information content (AvgIpc) is 3.32. The van der Waals surface area contributed by atoms with E-state index in [1.54, 1.807) is 6.92 Å². The van der Waals surface area contributed by atoms with Crippen molar-refractivity contribution in [2.24, 2.45) is 5.92 Å². The van der Waals surface area contributed by atoms with Gasteiger partial charge in [0.2, 0.25) is 11.8 Å². The molecular formula is C21H33N5O2. The van der Waals surface area contributed by atoms with Crippen LogP contribution in [0.3, 0.4) is 0 Å². The maximum atomic E-state index is 12.7. The van der Waals surface area contributed by atoms with Crippen molar-refractivity contribution in [3.05, 3.63) is 11.6 Å². The summed E-state index contributed by atoms with van der Waals surface area (Å²) in [7, 11) is 0. The van der Waals surface area contributed by atoms with Crippen molar-refractivity contribution in [2.75, 3.05) is 26.2 Å². The van der Waals surface area contributed by atoms with Gasteiger partial charge in [0, 0.05) is 58.4 Å². The molecule has 7 heteroatoms. The van der Waals surface area contributed by atoms with E-state index >= 15 is 0 Å². The number of hydrogen-bond acceptors (Lipinski definition) is 4. The Kier molecular flexibility index (Phi) is 5.97. The molecule has 1 saturated heterocycles. The van der Waals surface area contributed by atoms with Gasteiger partial charge in [-0.3, -0.25) is 9.59 Å². The molecule has 2 fully saturated rings. The third kappa shape index (κ3) is 4.23. The lowest BCUT2D eigenvalue weighted by Crippen LogP contribution is -2.38. The first-order valence-electron chi connectivity index (χ1n) is 11.1. The first-order valence-corrected chi connectivity index (χ1v) is 11.1. The number of fused-ring (bicyclic) bond motifs is 1. The van der Waals surface area contributed by atoms with Crippen LogP contribution in [0.15, 0.2) is 0 Å². The van der Waals surface area contributed by atoms with E-state index in [2.05, 4.69) is 14.8 Å². The molecule has 1 atom stereocenters. The highest BCUT2D eigenvalue weighted by atomic mass is 16.2. The second-order valence-corrected chi connectivity index (χ2v) is 8.75. The molecule has 3 heterocycles. The van der Waals surface area contributed by atoms with Gasteiger partial charge in [-0.05, 0) is 25.2 Å². The molecule has 28 heavy (non-hydrogen) atoms. The number of nitrogens with zero attached hydrogens (tertiary/aromatic N) is 5. The molecule has 7 nitrogen and oxygen atoms in total. The monoisotopic (exact) mass is 387 g/mol. The van der Waals surface area contributed by atoms with Crippen molar-refractivity contribution in [3.63, 3.8) is 0 Å². The first kappa shape index (κ1) is 19.4. The highest BCUT2D eigenvalue weighted by molar-refractivity contribution is 5.76. The molecule has 1 aromatic heterocycles. The van der Waals surface area contributed by atoms with Crippen LogP contribution >= 0.6 is 0 Å². The lowest BCUT2D eigenvalue weighted by Gasteiger charge is -2.31. The minimum Gasteiger partial charge on any atom is -0.342 e. The summed E-state index contributed by atoms with van der Waals surface area (Å²) in [6.45, 7) is 5.47. The number of piperidine rings is 1. The van der Waals surface area contributed by atoms with Gasteiger partial charge in [-0.2, -0.15) is 0 Å². The van der Waals surface area contributed by atoms with Crippen LogP contribution in [0, 0.1) is 5.92 Å². The van der Waals surface area contributed by atoms with E-state index in [9.17, 15) is 9.59 Å². The summed E-state index contributed by atoms with van der Waals surface area (Å²) in [5.41, 5.74) is 0. The highest BCUT2D eigenvalue weighted by Gasteiger charge is 2.29. The Morgan fingerprint density at radius 1 is 0.964 bits per heavy atom. The minimum atomic E-state index is 0.138. The van der Waals surface area contributed by atoms with Crippen LogP contribution in [0.25, 0.3) is 0 Å². The van der Waals surface area contributed by atoms with Crippen LogP contribution in [-0.2, 0) is 22.6 Å². The second-order valence-electron chi connectivity index (χ2n) is 8.75. The van der Waals surface area contributed by atoms with Crippen molar-refractivity contribution in [1.29, 1.82) is 0 Å². The van der Waals surface area contributed by atoms with Crippen LogP contribution in [0.1, 0.15) is 75.9 Å². The summed E-state index contributed by atoms with van der Waals surface area (Å²) in [4.78, 5) is 28.4. The largest absolute Gasteiger partial charge is 0.342 e. The lowest BCUT2D eigenvalue weighted by atomic mass is 9.97. The molecule has 1 aromatic rings. The van der Waals surface area contributed by atoms with Gasteiger partial charge in [0.1, 0.15) is 11.6 Å². The van der Waals surface area contributed by atoms with Crippen LogP contribution in [0.2, 0.25) is 0 Å². The summed E-state index contributed by atoms with van der Waals surface area (Å²) in [5, 5.41) is 8.92. The van der Waals surface area contributed by atoms with E-state index in [1.165, 1.54) is 25.7 Å². The fraction of sp³-hybridized carbons (Fsp3) is 0.810. The van der Waals surface area contributed by atoms with Gasteiger partial charge in [0.25, 0.3) is 0 Å². The van der Waals surface area contributed by atoms with E-state index in [0.717, 1.165) is 76.0 Å². The molecule has 1 aliphatic carbocycles. The smallest absolute Gasteiger partial charge is 0.222 e. The molecule has 4 rings (SSSR count). The van der Waals surface area contributed by atoms with Crippen molar-refractivity contribution >= 4 is 11.8 Å². The third-order valence-corrected chi connectivity index (χ3v) is 6.88. The van der Waals surface area contributed by atoms with E-state index in [4.69, 9.17) is 0 Å². The van der Waals surface area contributed by atoms with Crippen molar-refractivity contribution in [3.8, 4) is 0 Å². The molecule has 0 aromatic carbocycles. The van der Waals surface area contributed by atoms with Gasteiger partial charge in [0.05, 0.1) is 0 Å². The number of likely N-dealkylation sites (tertiary alicyclic amines) is 1. The standard InChI is InChI=1S/C21H33N5O2/c1-16(27)25-11-4-7-18(15-25)21-23-22-19-10-12-24(13-14-26(19)21)20(28)9-8-17-5-2-3-6-17/h17-18H,2-15H2,1H3. The SMILES string of the molecule is CC(=O)N1CCCC(c2nnc3n2CCN(C(=O)CCC2CCCC2)CC3)C1. The summed E-state index contributed by atoms with van der Waals surface area (Å²) in [6, 6.07) is 0. The van der Waals surface area contributed by atoms with Crippen LogP contribution < -0.4 is 0 Å². The zero-order valence-electron chi connectivity index (χ0n) is 17.1. The number of aromatic nitrogens is 3. The third-order valence-electron chi connectivity index (χ3n) is 6.88. The summed E-state index contributed by atoms with van der Waals surface area (Å²) >= 11 is 0. The molecule has 154 valence electrons. The number of carbonyl (C=O) groups is 2. The molecule has 1 unspecified atom stereocenters. The predicted octanol–water partition coefficient (Wildman–Crippen LogP) is 2.36. The van der Waals surface area contributed by atoms with Crippen molar-refractivity contribution < 1.29 is 9.59 Å². The average molecular weight is 388 g/mol. The van der Waals surface area contributed by atoms with Crippen LogP contribution in [0.5, 0.6) is 0 Å². The molecule has 3 aliphatic rings. The molecule has 0 spiro atoms. The molecular weight excluding hydrogens is 354 g/mol. The lowest BCUT2D eigenvalue weighted by molar-refractivity contribution is -0.132. The fourth-order valence-electron chi connectivity index (χ4n) is 5.16. The van der Waals surface area contributed by atoms with E-state index in [-0.39, 0.29) is 11.8 Å². The van der Waals surface area contributed by atoms with E-state index < -0.39 is 0 Å². The number of rotatable bonds is 4. The zero-order valence-corrected chi connectivity index (χ0v) is 17.1. The zero-order chi connectivity index (χ0) is 19.5. The Morgan fingerprint density at radius 3 is 2.57 bits per heavy atom. The van der Waals surface area contributed by atoms with Gasteiger partial charge in [-0.1, -0.05) is 25.7 Å². The van der Waals surface area contributed by atoms with E-state index in [1.807, 2.05) is 9.80 Å². The van der Waals surface area contributed by atoms with Crippen LogP contribution in [0.4, 0.5) is 0 Å². The number of carbonyl (C=O) groups excluding carboxylic acids is 2. The van der Waals surface area contributed by atoms with Gasteiger partial charge < -0.3 is 14.4 Å². The number of amides is 2. The summed E-state index contributed by atoms with van der Waals surface area (Å²) < 4.78 is 2.22. The molecule has 0 N–H and O–H groups in total. The molecule has 2 aliphatic heterocycles. The fourth-order valence-corrected chi connectivity index (χ4v) is 5.16. The van der Waals surface area contributed by atoms with Crippen molar-refractivity contribution in [1.82, 2.24) is 24.6 Å². The molecule has 2 amide bonds. The topological polar surface area (TPSA) is 71.3 Å². The Bertz CT molecular complexity index is 710. The molecule has 1 saturated carbocycles. The summed E-state index contributed by atoms with van der Waals surface area (Å²) in [5.74, 6) is 3.44. The quantitative estimate of drug-likeness (QED) is 0.795. The minimum absolute atomic E-state index is 0.138. The maximum Gasteiger partial charge on any atom is 0.222 e. The Morgan fingerprint density at radius 2 is 1.79 bits per heavy atom. The number of hydrogen-bond donors (Lipinski definition) is 0. The highest BCUT2D eigenvalue weighted by Crippen LogP contribution is 2.29. The van der Waals surface area contributed by atoms with Crippen LogP contribution in [-0.4, -0.2) is 62.6 Å².